The predicted molar refractivity (Wildman–Crippen MR) is 85.1 cm³/mol. The van der Waals surface area contributed by atoms with Crippen molar-refractivity contribution >= 4 is 24.3 Å². The number of carboxylic acids is 1. The van der Waals surface area contributed by atoms with Gasteiger partial charge >= 0.3 is 5.97 Å². The van der Waals surface area contributed by atoms with Gasteiger partial charge in [0.15, 0.2) is 11.5 Å². The summed E-state index contributed by atoms with van der Waals surface area (Å²) in [4.78, 5) is 28.2. The predicted octanol–water partition coefficient (Wildman–Crippen LogP) is 1.70. The fourth-order valence-corrected chi connectivity index (χ4v) is 2.93. The summed E-state index contributed by atoms with van der Waals surface area (Å²) >= 11 is 0. The van der Waals surface area contributed by atoms with Gasteiger partial charge in [-0.3, -0.25) is 14.5 Å². The van der Waals surface area contributed by atoms with Gasteiger partial charge in [-0.1, -0.05) is 13.3 Å². The molecule has 2 heterocycles. The van der Waals surface area contributed by atoms with E-state index < -0.39 is 29.2 Å². The molecule has 2 N–H and O–H groups in total. The highest BCUT2D eigenvalue weighted by Gasteiger charge is 2.34. The maximum absolute atomic E-state index is 13.6. The Hall–Kier alpha value is -1.80. The van der Waals surface area contributed by atoms with Crippen molar-refractivity contribution in [1.82, 2.24) is 15.2 Å². The standard InChI is InChI=1S/C15H19F2N3O3.ClH/c1-2-3-9-6-20(8-13(21)22)7-12(9)19-15(23)14-11(17)4-10(16)5-18-14;/h4-5,9,12H,2-3,6-8H2,1H3,(H,19,23)(H,21,22);1H/t9-,12-;/m0./s1. The SMILES string of the molecule is CCC[C@H]1CN(CC(=O)O)C[C@@H]1NC(=O)c1ncc(F)cc1F.Cl. The third-order valence-corrected chi connectivity index (χ3v) is 3.87. The second-order valence-corrected chi connectivity index (χ2v) is 5.70. The van der Waals surface area contributed by atoms with Crippen molar-refractivity contribution in [3.05, 3.63) is 29.6 Å². The molecule has 24 heavy (non-hydrogen) atoms. The zero-order valence-corrected chi connectivity index (χ0v) is 14.0. The number of hydrogen-bond donors (Lipinski definition) is 2. The van der Waals surface area contributed by atoms with Crippen LogP contribution in [-0.4, -0.2) is 52.5 Å². The fraction of sp³-hybridized carbons (Fsp3) is 0.533. The summed E-state index contributed by atoms with van der Waals surface area (Å²) < 4.78 is 26.5. The smallest absolute Gasteiger partial charge is 0.317 e. The molecule has 0 radical (unpaired) electrons. The molecule has 1 aromatic rings. The molecule has 1 aliphatic heterocycles. The van der Waals surface area contributed by atoms with Crippen LogP contribution in [0, 0.1) is 17.6 Å². The normalized spacial score (nSPS) is 20.5. The number of nitrogens with zero attached hydrogens (tertiary/aromatic N) is 2. The molecule has 0 spiro atoms. The number of pyridine rings is 1. The number of carboxylic acid groups (broad SMARTS) is 1. The molecule has 1 aromatic heterocycles. The number of amides is 1. The van der Waals surface area contributed by atoms with Gasteiger partial charge in [-0.15, -0.1) is 12.4 Å². The van der Waals surface area contributed by atoms with Crippen molar-refractivity contribution in [2.75, 3.05) is 19.6 Å². The minimum Gasteiger partial charge on any atom is -0.480 e. The average molecular weight is 364 g/mol. The molecule has 0 bridgehead atoms. The Morgan fingerprint density at radius 2 is 2.12 bits per heavy atom. The van der Waals surface area contributed by atoms with Gasteiger partial charge in [0.25, 0.3) is 5.91 Å². The van der Waals surface area contributed by atoms with Crippen LogP contribution in [0.2, 0.25) is 0 Å². The van der Waals surface area contributed by atoms with E-state index in [0.29, 0.717) is 19.2 Å². The van der Waals surface area contributed by atoms with E-state index in [1.807, 2.05) is 6.92 Å². The second kappa shape index (κ2) is 8.89. The van der Waals surface area contributed by atoms with Crippen molar-refractivity contribution < 1.29 is 23.5 Å². The summed E-state index contributed by atoms with van der Waals surface area (Å²) in [5.41, 5.74) is -0.460. The van der Waals surface area contributed by atoms with Gasteiger partial charge < -0.3 is 10.4 Å². The Kier molecular flexibility index (Phi) is 7.50. The zero-order valence-electron chi connectivity index (χ0n) is 13.2. The van der Waals surface area contributed by atoms with Crippen LogP contribution in [0.3, 0.4) is 0 Å². The lowest BCUT2D eigenvalue weighted by Crippen LogP contribution is -2.41. The van der Waals surface area contributed by atoms with Gasteiger partial charge in [0.1, 0.15) is 5.82 Å². The summed E-state index contributed by atoms with van der Waals surface area (Å²) in [6, 6.07) is 0.324. The van der Waals surface area contributed by atoms with Crippen molar-refractivity contribution in [1.29, 1.82) is 0 Å². The molecule has 9 heteroatoms. The molecular weight excluding hydrogens is 344 g/mol. The highest BCUT2D eigenvalue weighted by Crippen LogP contribution is 2.22. The number of carbonyl (C=O) groups excluding carboxylic acids is 1. The number of halogens is 3. The first-order valence-corrected chi connectivity index (χ1v) is 7.46. The van der Waals surface area contributed by atoms with E-state index in [1.165, 1.54) is 0 Å². The van der Waals surface area contributed by atoms with Gasteiger partial charge in [0, 0.05) is 25.2 Å². The van der Waals surface area contributed by atoms with Crippen LogP contribution in [0.25, 0.3) is 0 Å². The van der Waals surface area contributed by atoms with E-state index in [4.69, 9.17) is 5.11 Å². The fourth-order valence-electron chi connectivity index (χ4n) is 2.93. The number of aliphatic carboxylic acids is 1. The molecule has 6 nitrogen and oxygen atoms in total. The minimum atomic E-state index is -1.02. The number of carbonyl (C=O) groups is 2. The first-order valence-electron chi connectivity index (χ1n) is 7.46. The Balaban J connectivity index is 0.00000288. The Labute approximate surface area is 144 Å². The molecule has 0 aliphatic carbocycles. The van der Waals surface area contributed by atoms with E-state index in [0.717, 1.165) is 19.0 Å². The van der Waals surface area contributed by atoms with Crippen LogP contribution in [-0.2, 0) is 4.79 Å². The van der Waals surface area contributed by atoms with Crippen LogP contribution in [0.4, 0.5) is 8.78 Å². The van der Waals surface area contributed by atoms with Crippen LogP contribution < -0.4 is 5.32 Å². The zero-order chi connectivity index (χ0) is 17.0. The van der Waals surface area contributed by atoms with Crippen molar-refractivity contribution in [2.24, 2.45) is 5.92 Å². The highest BCUT2D eigenvalue weighted by molar-refractivity contribution is 5.92. The van der Waals surface area contributed by atoms with E-state index in [-0.39, 0.29) is 30.9 Å². The summed E-state index contributed by atoms with van der Waals surface area (Å²) in [7, 11) is 0. The van der Waals surface area contributed by atoms with Gasteiger partial charge in [0.05, 0.1) is 12.7 Å². The lowest BCUT2D eigenvalue weighted by Gasteiger charge is -2.19. The van der Waals surface area contributed by atoms with E-state index in [2.05, 4.69) is 10.3 Å². The monoisotopic (exact) mass is 363 g/mol. The van der Waals surface area contributed by atoms with Crippen LogP contribution >= 0.6 is 12.4 Å². The Bertz CT molecular complexity index is 603. The summed E-state index contributed by atoms with van der Waals surface area (Å²) in [6.45, 7) is 2.84. The van der Waals surface area contributed by atoms with E-state index in [1.54, 1.807) is 4.90 Å². The van der Waals surface area contributed by atoms with Gasteiger partial charge in [-0.2, -0.15) is 0 Å². The molecule has 1 fully saturated rings. The second-order valence-electron chi connectivity index (χ2n) is 5.70. The first-order chi connectivity index (χ1) is 10.9. The molecule has 0 unspecified atom stereocenters. The summed E-state index contributed by atoms with van der Waals surface area (Å²) in [5.74, 6) is -3.43. The number of aromatic nitrogens is 1. The van der Waals surface area contributed by atoms with Crippen molar-refractivity contribution in [3.63, 3.8) is 0 Å². The molecule has 0 aromatic carbocycles. The summed E-state index contributed by atoms with van der Waals surface area (Å²) in [6.07, 6.45) is 2.49. The topological polar surface area (TPSA) is 82.5 Å². The van der Waals surface area contributed by atoms with Crippen molar-refractivity contribution in [3.8, 4) is 0 Å². The van der Waals surface area contributed by atoms with Crippen molar-refractivity contribution in [2.45, 2.75) is 25.8 Å². The average Bonchev–Trinajstić information content (AvgIpc) is 2.79. The van der Waals surface area contributed by atoms with Crippen LogP contribution in [0.15, 0.2) is 12.3 Å². The molecule has 1 amide bonds. The Morgan fingerprint density at radius 3 is 2.71 bits per heavy atom. The molecular formula is C15H20ClF2N3O3. The van der Waals surface area contributed by atoms with E-state index in [9.17, 15) is 18.4 Å². The molecule has 2 atom stereocenters. The Morgan fingerprint density at radius 1 is 1.42 bits per heavy atom. The van der Waals surface area contributed by atoms with Crippen LogP contribution in [0.5, 0.6) is 0 Å². The highest BCUT2D eigenvalue weighted by atomic mass is 35.5. The number of nitrogens with one attached hydrogen (secondary N) is 1. The lowest BCUT2D eigenvalue weighted by atomic mass is 9.98. The van der Waals surface area contributed by atoms with Gasteiger partial charge in [0.2, 0.25) is 0 Å². The minimum absolute atomic E-state index is 0. The number of likely N-dealkylation sites (tertiary alicyclic amines) is 1. The molecule has 1 aliphatic rings. The van der Waals surface area contributed by atoms with Crippen LogP contribution in [0.1, 0.15) is 30.3 Å². The maximum Gasteiger partial charge on any atom is 0.317 e. The number of hydrogen-bond acceptors (Lipinski definition) is 4. The number of rotatable bonds is 6. The molecule has 1 saturated heterocycles. The summed E-state index contributed by atoms with van der Waals surface area (Å²) in [5, 5.41) is 11.6. The largest absolute Gasteiger partial charge is 0.480 e. The first kappa shape index (κ1) is 20.2. The lowest BCUT2D eigenvalue weighted by molar-refractivity contribution is -0.138. The van der Waals surface area contributed by atoms with Gasteiger partial charge in [-0.05, 0) is 12.3 Å². The quantitative estimate of drug-likeness (QED) is 0.803. The molecule has 134 valence electrons. The third kappa shape index (κ3) is 5.10. The maximum atomic E-state index is 13.6. The molecule has 2 rings (SSSR count). The van der Waals surface area contributed by atoms with Gasteiger partial charge in [-0.25, -0.2) is 13.8 Å². The molecule has 0 saturated carbocycles. The third-order valence-electron chi connectivity index (χ3n) is 3.87. The van der Waals surface area contributed by atoms with E-state index >= 15 is 0 Å².